The van der Waals surface area contributed by atoms with Crippen molar-refractivity contribution in [2.45, 2.75) is 13.5 Å². The van der Waals surface area contributed by atoms with Gasteiger partial charge in [-0.15, -0.1) is 0 Å². The summed E-state index contributed by atoms with van der Waals surface area (Å²) in [6, 6.07) is 7.95. The quantitative estimate of drug-likeness (QED) is 0.855. The lowest BCUT2D eigenvalue weighted by Crippen LogP contribution is -2.35. The van der Waals surface area contributed by atoms with Crippen molar-refractivity contribution in [2.75, 3.05) is 39.9 Å². The van der Waals surface area contributed by atoms with Crippen LogP contribution >= 0.6 is 11.6 Å². The van der Waals surface area contributed by atoms with E-state index in [1.54, 1.807) is 14.0 Å². The molecule has 2 rings (SSSR count). The van der Waals surface area contributed by atoms with Crippen LogP contribution in [0, 0.1) is 5.92 Å². The zero-order valence-corrected chi connectivity index (χ0v) is 13.5. The van der Waals surface area contributed by atoms with E-state index in [4.69, 9.17) is 16.3 Å². The molecule has 1 saturated heterocycles. The summed E-state index contributed by atoms with van der Waals surface area (Å²) < 4.78 is 5.30. The van der Waals surface area contributed by atoms with Gasteiger partial charge in [0, 0.05) is 57.7 Å². The van der Waals surface area contributed by atoms with Crippen molar-refractivity contribution in [3.05, 3.63) is 34.9 Å². The predicted octanol–water partition coefficient (Wildman–Crippen LogP) is 2.27. The highest BCUT2D eigenvalue weighted by Gasteiger charge is 2.24. The average Bonchev–Trinajstić information content (AvgIpc) is 2.64. The lowest BCUT2D eigenvalue weighted by Gasteiger charge is -2.23. The van der Waals surface area contributed by atoms with Crippen molar-refractivity contribution < 1.29 is 9.53 Å². The van der Waals surface area contributed by atoms with Gasteiger partial charge in [0.2, 0.25) is 5.91 Å². The molecule has 1 atom stereocenters. The first kappa shape index (κ1) is 16.3. The maximum absolute atomic E-state index is 11.7. The van der Waals surface area contributed by atoms with Gasteiger partial charge in [-0.05, 0) is 17.7 Å². The molecule has 0 aliphatic carbocycles. The molecule has 0 N–H and O–H groups in total. The van der Waals surface area contributed by atoms with Gasteiger partial charge in [0.15, 0.2) is 0 Å². The Labute approximate surface area is 131 Å². The Morgan fingerprint density at radius 3 is 2.62 bits per heavy atom. The minimum atomic E-state index is 0.143. The molecule has 0 unspecified atom stereocenters. The van der Waals surface area contributed by atoms with Gasteiger partial charge in [0.05, 0.1) is 6.61 Å². The van der Waals surface area contributed by atoms with Gasteiger partial charge in [-0.3, -0.25) is 9.69 Å². The Morgan fingerprint density at radius 1 is 1.29 bits per heavy atom. The monoisotopic (exact) mass is 310 g/mol. The zero-order valence-electron chi connectivity index (χ0n) is 12.7. The molecule has 116 valence electrons. The summed E-state index contributed by atoms with van der Waals surface area (Å²) >= 11 is 5.92. The number of rotatable bonds is 4. The Bertz CT molecular complexity index is 464. The van der Waals surface area contributed by atoms with E-state index >= 15 is 0 Å². The van der Waals surface area contributed by atoms with Gasteiger partial charge in [0.1, 0.15) is 0 Å². The molecule has 1 fully saturated rings. The lowest BCUT2D eigenvalue weighted by molar-refractivity contribution is -0.129. The minimum Gasteiger partial charge on any atom is -0.384 e. The maximum Gasteiger partial charge on any atom is 0.219 e. The highest BCUT2D eigenvalue weighted by molar-refractivity contribution is 6.30. The molecule has 5 heteroatoms. The van der Waals surface area contributed by atoms with Crippen molar-refractivity contribution in [1.82, 2.24) is 9.80 Å². The van der Waals surface area contributed by atoms with E-state index in [-0.39, 0.29) is 5.91 Å². The zero-order chi connectivity index (χ0) is 15.2. The second-order valence-electron chi connectivity index (χ2n) is 5.65. The fourth-order valence-corrected chi connectivity index (χ4v) is 2.92. The highest BCUT2D eigenvalue weighted by atomic mass is 35.5. The van der Waals surface area contributed by atoms with E-state index in [2.05, 4.69) is 17.0 Å². The summed E-state index contributed by atoms with van der Waals surface area (Å²) in [6.45, 7) is 6.59. The van der Waals surface area contributed by atoms with Gasteiger partial charge >= 0.3 is 0 Å². The SMILES string of the molecule is COC[C@H]1CN(Cc2ccc(Cl)cc2)CCN(C(C)=O)C1. The number of hydrogen-bond donors (Lipinski definition) is 0. The van der Waals surface area contributed by atoms with Crippen LogP contribution in [0.3, 0.4) is 0 Å². The fraction of sp³-hybridized carbons (Fsp3) is 0.562. The molecule has 0 saturated carbocycles. The normalized spacial score (nSPS) is 20.3. The highest BCUT2D eigenvalue weighted by Crippen LogP contribution is 2.15. The molecule has 1 heterocycles. The molecule has 0 aromatic heterocycles. The van der Waals surface area contributed by atoms with Crippen LogP contribution in [0.25, 0.3) is 0 Å². The maximum atomic E-state index is 11.7. The first-order valence-electron chi connectivity index (χ1n) is 7.29. The minimum absolute atomic E-state index is 0.143. The number of ether oxygens (including phenoxy) is 1. The summed E-state index contributed by atoms with van der Waals surface area (Å²) in [5, 5.41) is 0.759. The molecule has 1 aromatic rings. The third kappa shape index (κ3) is 4.99. The molecular weight excluding hydrogens is 288 g/mol. The molecule has 0 bridgehead atoms. The van der Waals surface area contributed by atoms with Gasteiger partial charge in [0.25, 0.3) is 0 Å². The molecule has 1 aliphatic heterocycles. The molecule has 4 nitrogen and oxygen atoms in total. The van der Waals surface area contributed by atoms with Crippen molar-refractivity contribution in [3.8, 4) is 0 Å². The van der Waals surface area contributed by atoms with Crippen molar-refractivity contribution >= 4 is 17.5 Å². The van der Waals surface area contributed by atoms with Gasteiger partial charge in [-0.25, -0.2) is 0 Å². The number of carbonyl (C=O) groups is 1. The van der Waals surface area contributed by atoms with E-state index in [0.717, 1.165) is 37.7 Å². The summed E-state index contributed by atoms with van der Waals surface area (Å²) in [4.78, 5) is 16.0. The van der Waals surface area contributed by atoms with Crippen LogP contribution in [-0.4, -0.2) is 55.6 Å². The van der Waals surface area contributed by atoms with Crippen molar-refractivity contribution in [1.29, 1.82) is 0 Å². The van der Waals surface area contributed by atoms with E-state index in [1.165, 1.54) is 5.56 Å². The smallest absolute Gasteiger partial charge is 0.219 e. The van der Waals surface area contributed by atoms with Gasteiger partial charge in [-0.1, -0.05) is 23.7 Å². The molecule has 1 aromatic carbocycles. The van der Waals surface area contributed by atoms with Crippen molar-refractivity contribution in [2.24, 2.45) is 5.92 Å². The summed E-state index contributed by atoms with van der Waals surface area (Å²) in [5.41, 5.74) is 1.24. The second-order valence-corrected chi connectivity index (χ2v) is 6.08. The van der Waals surface area contributed by atoms with Gasteiger partial charge in [-0.2, -0.15) is 0 Å². The Kier molecular flexibility index (Phi) is 6.03. The number of benzene rings is 1. The van der Waals surface area contributed by atoms with E-state index in [0.29, 0.717) is 12.5 Å². The first-order chi connectivity index (χ1) is 10.1. The standard InChI is InChI=1S/C16H23ClN2O2/c1-13(20)19-8-7-18(10-15(11-19)12-21-2)9-14-3-5-16(17)6-4-14/h3-6,15H,7-12H2,1-2H3/t15-/m0/s1. The number of hydrogen-bond acceptors (Lipinski definition) is 3. The number of halogens is 1. The second kappa shape index (κ2) is 7.78. The van der Waals surface area contributed by atoms with Crippen LogP contribution in [0.5, 0.6) is 0 Å². The largest absolute Gasteiger partial charge is 0.384 e. The topological polar surface area (TPSA) is 32.8 Å². The summed E-state index contributed by atoms with van der Waals surface area (Å²) in [7, 11) is 1.71. The van der Waals surface area contributed by atoms with Crippen LogP contribution < -0.4 is 0 Å². The van der Waals surface area contributed by atoms with Crippen LogP contribution in [0.2, 0.25) is 5.02 Å². The van der Waals surface area contributed by atoms with Crippen LogP contribution in [-0.2, 0) is 16.1 Å². The average molecular weight is 311 g/mol. The number of nitrogens with zero attached hydrogens (tertiary/aromatic N) is 2. The number of carbonyl (C=O) groups excluding carboxylic acids is 1. The molecule has 1 aliphatic rings. The predicted molar refractivity (Wildman–Crippen MR) is 84.3 cm³/mol. The fourth-order valence-electron chi connectivity index (χ4n) is 2.80. The molecule has 1 amide bonds. The molecular formula is C16H23ClN2O2. The van der Waals surface area contributed by atoms with E-state index < -0.39 is 0 Å². The number of amides is 1. The third-order valence-corrected chi connectivity index (χ3v) is 4.10. The van der Waals surface area contributed by atoms with E-state index in [1.807, 2.05) is 17.0 Å². The Hall–Kier alpha value is -1.10. The van der Waals surface area contributed by atoms with Crippen LogP contribution in [0.1, 0.15) is 12.5 Å². The first-order valence-corrected chi connectivity index (χ1v) is 7.67. The summed E-state index contributed by atoms with van der Waals surface area (Å²) in [5.74, 6) is 0.498. The Balaban J connectivity index is 2.01. The Morgan fingerprint density at radius 2 is 2.00 bits per heavy atom. The molecule has 0 radical (unpaired) electrons. The number of methoxy groups -OCH3 is 1. The van der Waals surface area contributed by atoms with Crippen molar-refractivity contribution in [3.63, 3.8) is 0 Å². The molecule has 0 spiro atoms. The lowest BCUT2D eigenvalue weighted by atomic mass is 10.1. The van der Waals surface area contributed by atoms with E-state index in [9.17, 15) is 4.79 Å². The summed E-state index contributed by atoms with van der Waals surface area (Å²) in [6.07, 6.45) is 0. The van der Waals surface area contributed by atoms with Crippen LogP contribution in [0.4, 0.5) is 0 Å². The third-order valence-electron chi connectivity index (χ3n) is 3.85. The molecule has 21 heavy (non-hydrogen) atoms. The van der Waals surface area contributed by atoms with Gasteiger partial charge < -0.3 is 9.64 Å². The van der Waals surface area contributed by atoms with Crippen LogP contribution in [0.15, 0.2) is 24.3 Å².